The largest absolute Gasteiger partial charge is 0.481 e. The van der Waals surface area contributed by atoms with E-state index in [2.05, 4.69) is 15.4 Å². The van der Waals surface area contributed by atoms with E-state index in [9.17, 15) is 49.4 Å². The first-order valence-electron chi connectivity index (χ1n) is 14.8. The molecule has 1 aromatic heterocycles. The number of aryl methyl sites for hydroxylation is 1. The molecule has 1 aliphatic rings. The second-order valence-corrected chi connectivity index (χ2v) is 11.7. The summed E-state index contributed by atoms with van der Waals surface area (Å²) in [6, 6.07) is 5.30. The van der Waals surface area contributed by atoms with Crippen LogP contribution in [0.25, 0.3) is 0 Å². The number of tetrazole rings is 1. The molecule has 0 aliphatic heterocycles. The van der Waals surface area contributed by atoms with Gasteiger partial charge in [0.15, 0.2) is 0 Å². The summed E-state index contributed by atoms with van der Waals surface area (Å²) in [5, 5.41) is 21.0. The maximum Gasteiger partial charge on any atom is 0.416 e. The number of anilines is 2. The number of halogens is 10. The number of aliphatic carboxylic acids is 1. The van der Waals surface area contributed by atoms with Crippen LogP contribution in [0.3, 0.4) is 0 Å². The van der Waals surface area contributed by atoms with Gasteiger partial charge in [0.05, 0.1) is 30.5 Å². The molecule has 266 valence electrons. The van der Waals surface area contributed by atoms with Gasteiger partial charge in [0.25, 0.3) is 5.95 Å². The van der Waals surface area contributed by atoms with Gasteiger partial charge in [-0.2, -0.15) is 44.3 Å². The van der Waals surface area contributed by atoms with Crippen LogP contribution in [0.5, 0.6) is 0 Å². The number of carboxylic acid groups (broad SMARTS) is 1. The van der Waals surface area contributed by atoms with Crippen molar-refractivity contribution in [3.8, 4) is 0 Å². The number of hydrogen-bond donors (Lipinski definition) is 1. The van der Waals surface area contributed by atoms with Gasteiger partial charge in [0.1, 0.15) is 0 Å². The van der Waals surface area contributed by atoms with Crippen LogP contribution < -0.4 is 9.80 Å². The first-order valence-corrected chi connectivity index (χ1v) is 14.8. The number of carbonyl (C=O) groups is 1. The summed E-state index contributed by atoms with van der Waals surface area (Å²) >= 11 is 0. The first-order chi connectivity index (χ1) is 21.8. The van der Waals surface area contributed by atoms with Crippen LogP contribution in [-0.4, -0.2) is 50.5 Å². The van der Waals surface area contributed by atoms with Crippen molar-refractivity contribution in [3.63, 3.8) is 0 Å². The van der Waals surface area contributed by atoms with Crippen molar-refractivity contribution in [2.75, 3.05) is 22.9 Å². The van der Waals surface area contributed by atoms with Gasteiger partial charge in [-0.05, 0) is 84.7 Å². The summed E-state index contributed by atoms with van der Waals surface area (Å²) in [6.07, 6.45) is -13.8. The van der Waals surface area contributed by atoms with Gasteiger partial charge >= 0.3 is 24.5 Å². The molecule has 0 spiro atoms. The maximum atomic E-state index is 13.6. The summed E-state index contributed by atoms with van der Waals surface area (Å²) in [6.45, 7) is 1.86. The summed E-state index contributed by atoms with van der Waals surface area (Å²) in [4.78, 5) is 15.6. The molecule has 1 N–H and O–H groups in total. The molecule has 1 saturated carbocycles. The van der Waals surface area contributed by atoms with Crippen LogP contribution >= 0.6 is 12.4 Å². The Balaban J connectivity index is 0.00000625. The molecular weight excluding hydrogens is 683 g/mol. The van der Waals surface area contributed by atoms with E-state index < -0.39 is 54.5 Å². The highest BCUT2D eigenvalue weighted by molar-refractivity contribution is 5.85. The molecule has 0 amide bonds. The molecule has 2 aromatic carbocycles. The third kappa shape index (κ3) is 10.4. The first kappa shape index (κ1) is 38.7. The summed E-state index contributed by atoms with van der Waals surface area (Å²) in [5.41, 5.74) is -2.69. The molecule has 18 heteroatoms. The number of rotatable bonds is 11. The molecule has 3 aromatic rings. The van der Waals surface area contributed by atoms with Crippen molar-refractivity contribution in [2.45, 2.75) is 70.6 Å². The topological polar surface area (TPSA) is 87.4 Å². The molecule has 0 bridgehead atoms. The molecule has 0 saturated heterocycles. The second-order valence-electron chi connectivity index (χ2n) is 11.7. The average molecular weight is 717 g/mol. The standard InChI is InChI=1S/C30H33F9N6O2.ClH/c1-3-44(15-18-4-7-21(8-5-18)26(46)47)25-9-6-19(14-28(31,32)33)10-22(25)17-45(27-40-42-43(2)41-27)16-20-11-23(29(34,35)36)13-24(12-20)30(37,38)39;/h6,9-13,18,21H,3-5,7-8,14-17H2,1-2H3,(H,46,47);1H/t18-,21-;. The zero-order valence-electron chi connectivity index (χ0n) is 25.8. The van der Waals surface area contributed by atoms with Crippen molar-refractivity contribution in [1.29, 1.82) is 0 Å². The average Bonchev–Trinajstić information content (AvgIpc) is 3.40. The van der Waals surface area contributed by atoms with Crippen molar-refractivity contribution < 1.29 is 49.4 Å². The molecule has 0 radical (unpaired) electrons. The normalized spacial score (nSPS) is 17.1. The van der Waals surface area contributed by atoms with Gasteiger partial charge in [-0.25, -0.2) is 0 Å². The molecule has 0 unspecified atom stereocenters. The second kappa shape index (κ2) is 15.2. The Morgan fingerprint density at radius 1 is 0.875 bits per heavy atom. The number of carboxylic acids is 1. The molecular formula is C30H34ClF9N6O2. The van der Waals surface area contributed by atoms with E-state index in [0.29, 0.717) is 62.2 Å². The third-order valence-corrected chi connectivity index (χ3v) is 8.11. The summed E-state index contributed by atoms with van der Waals surface area (Å²) in [7, 11) is 1.40. The zero-order valence-corrected chi connectivity index (χ0v) is 26.6. The molecule has 0 atom stereocenters. The Labute approximate surface area is 276 Å². The Hall–Kier alpha value is -3.76. The van der Waals surface area contributed by atoms with Gasteiger partial charge in [0, 0.05) is 31.9 Å². The van der Waals surface area contributed by atoms with Crippen LogP contribution in [0.2, 0.25) is 0 Å². The van der Waals surface area contributed by atoms with Crippen LogP contribution in [0.15, 0.2) is 36.4 Å². The van der Waals surface area contributed by atoms with Gasteiger partial charge in [0.2, 0.25) is 0 Å². The van der Waals surface area contributed by atoms with Gasteiger partial charge in [-0.15, -0.1) is 17.5 Å². The van der Waals surface area contributed by atoms with E-state index in [1.807, 2.05) is 11.8 Å². The van der Waals surface area contributed by atoms with Crippen molar-refractivity contribution in [1.82, 2.24) is 20.2 Å². The lowest BCUT2D eigenvalue weighted by atomic mass is 9.81. The lowest BCUT2D eigenvalue weighted by Crippen LogP contribution is -2.34. The Morgan fingerprint density at radius 2 is 1.48 bits per heavy atom. The monoisotopic (exact) mass is 716 g/mol. The highest BCUT2D eigenvalue weighted by atomic mass is 35.5. The minimum Gasteiger partial charge on any atom is -0.481 e. The number of nitrogens with zero attached hydrogens (tertiary/aromatic N) is 6. The Bertz CT molecular complexity index is 1500. The van der Waals surface area contributed by atoms with Crippen molar-refractivity contribution in [2.24, 2.45) is 18.9 Å². The fourth-order valence-electron chi connectivity index (χ4n) is 5.85. The van der Waals surface area contributed by atoms with Crippen LogP contribution in [-0.2, 0) is 43.7 Å². The molecule has 48 heavy (non-hydrogen) atoms. The molecule has 8 nitrogen and oxygen atoms in total. The summed E-state index contributed by atoms with van der Waals surface area (Å²) < 4.78 is 122. The number of aromatic nitrogens is 4. The Kier molecular flexibility index (Phi) is 12.3. The maximum absolute atomic E-state index is 13.6. The minimum atomic E-state index is -5.09. The minimum absolute atomic E-state index is 0. The van der Waals surface area contributed by atoms with E-state index in [4.69, 9.17) is 0 Å². The zero-order chi connectivity index (χ0) is 34.7. The smallest absolute Gasteiger partial charge is 0.416 e. The lowest BCUT2D eigenvalue weighted by Gasteiger charge is -2.34. The van der Waals surface area contributed by atoms with E-state index >= 15 is 0 Å². The number of alkyl halides is 9. The SMILES string of the molecule is CCN(C[C@H]1CC[C@H](C(=O)O)CC1)c1ccc(CC(F)(F)F)cc1CN(Cc1cc(C(F)(F)F)cc(C(F)(F)F)c1)c1nnn(C)n1.Cl. The molecule has 1 fully saturated rings. The van der Waals surface area contributed by atoms with Gasteiger partial charge < -0.3 is 14.9 Å². The predicted octanol–water partition coefficient (Wildman–Crippen LogP) is 7.70. The summed E-state index contributed by atoms with van der Waals surface area (Å²) in [5.74, 6) is -1.38. The molecule has 1 aliphatic carbocycles. The van der Waals surface area contributed by atoms with Gasteiger partial charge in [-0.1, -0.05) is 17.2 Å². The van der Waals surface area contributed by atoms with Crippen molar-refractivity contribution >= 4 is 30.0 Å². The number of hydrogen-bond acceptors (Lipinski definition) is 6. The van der Waals surface area contributed by atoms with Crippen LogP contribution in [0.1, 0.15) is 60.4 Å². The van der Waals surface area contributed by atoms with Crippen LogP contribution in [0, 0.1) is 11.8 Å². The van der Waals surface area contributed by atoms with E-state index in [0.717, 1.165) is 4.80 Å². The van der Waals surface area contributed by atoms with E-state index in [1.54, 1.807) is 0 Å². The molecule has 1 heterocycles. The van der Waals surface area contributed by atoms with E-state index in [-0.39, 0.29) is 48.0 Å². The predicted molar refractivity (Wildman–Crippen MR) is 160 cm³/mol. The van der Waals surface area contributed by atoms with E-state index in [1.165, 1.54) is 30.1 Å². The fourth-order valence-corrected chi connectivity index (χ4v) is 5.85. The number of benzene rings is 2. The lowest BCUT2D eigenvalue weighted by molar-refractivity contribution is -0.144. The van der Waals surface area contributed by atoms with Crippen LogP contribution in [0.4, 0.5) is 51.1 Å². The van der Waals surface area contributed by atoms with Crippen molar-refractivity contribution in [3.05, 3.63) is 64.2 Å². The third-order valence-electron chi connectivity index (χ3n) is 8.11. The molecule has 4 rings (SSSR count). The fraction of sp³-hybridized carbons (Fsp3) is 0.533. The van der Waals surface area contributed by atoms with Gasteiger partial charge in [-0.3, -0.25) is 4.79 Å². The quantitative estimate of drug-likeness (QED) is 0.204. The Morgan fingerprint density at radius 3 is 1.96 bits per heavy atom. The highest BCUT2D eigenvalue weighted by Gasteiger charge is 2.37. The highest BCUT2D eigenvalue weighted by Crippen LogP contribution is 2.38.